The summed E-state index contributed by atoms with van der Waals surface area (Å²) in [6, 6.07) is 3.88. The number of sulfonamides is 1. The Morgan fingerprint density at radius 1 is 1.33 bits per heavy atom. The van der Waals surface area contributed by atoms with Crippen molar-refractivity contribution in [3.63, 3.8) is 0 Å². The molecule has 1 aliphatic rings. The molecule has 1 aromatic rings. The molecule has 0 aliphatic heterocycles. The number of primary amides is 1. The summed E-state index contributed by atoms with van der Waals surface area (Å²) in [6.45, 7) is 0.447. The third-order valence-electron chi connectivity index (χ3n) is 4.27. The van der Waals surface area contributed by atoms with Gasteiger partial charge in [-0.1, -0.05) is 12.8 Å². The smallest absolute Gasteiger partial charge is 0.252 e. The van der Waals surface area contributed by atoms with Crippen LogP contribution in [0.2, 0.25) is 0 Å². The third kappa shape index (κ3) is 4.60. The van der Waals surface area contributed by atoms with Gasteiger partial charge in [0.15, 0.2) is 0 Å². The average Bonchev–Trinajstić information content (AvgIpc) is 2.54. The highest BCUT2D eigenvalue weighted by Gasteiger charge is 2.29. The lowest BCUT2D eigenvalue weighted by molar-refractivity contribution is 0.0997. The zero-order chi connectivity index (χ0) is 17.0. The molecule has 1 saturated carbocycles. The first-order valence-corrected chi connectivity index (χ1v) is 9.07. The summed E-state index contributed by atoms with van der Waals surface area (Å²) in [7, 11) is -2.36. The number of ether oxygens (including phenoxy) is 1. The molecule has 2 unspecified atom stereocenters. The van der Waals surface area contributed by atoms with E-state index in [4.69, 9.17) is 16.2 Å². The van der Waals surface area contributed by atoms with Gasteiger partial charge in [0.25, 0.3) is 5.91 Å². The molecule has 1 aromatic carbocycles. The van der Waals surface area contributed by atoms with E-state index in [-0.39, 0.29) is 40.6 Å². The monoisotopic (exact) mass is 377 g/mol. The number of halogens is 1. The van der Waals surface area contributed by atoms with Crippen LogP contribution in [0.15, 0.2) is 23.1 Å². The number of carbonyl (C=O) groups is 1. The van der Waals surface area contributed by atoms with Crippen molar-refractivity contribution in [1.82, 2.24) is 4.72 Å². The number of hydrogen-bond acceptors (Lipinski definition) is 5. The molecule has 2 rings (SSSR count). The van der Waals surface area contributed by atoms with Crippen molar-refractivity contribution in [2.75, 3.05) is 13.7 Å². The van der Waals surface area contributed by atoms with E-state index >= 15 is 0 Å². The zero-order valence-electron chi connectivity index (χ0n) is 13.5. The first-order valence-electron chi connectivity index (χ1n) is 7.59. The Balaban J connectivity index is 0.00000288. The molecule has 5 N–H and O–H groups in total. The lowest BCUT2D eigenvalue weighted by Gasteiger charge is -2.31. The van der Waals surface area contributed by atoms with Crippen LogP contribution in [0, 0.1) is 5.92 Å². The van der Waals surface area contributed by atoms with Gasteiger partial charge in [-0.2, -0.15) is 0 Å². The highest BCUT2D eigenvalue weighted by molar-refractivity contribution is 7.89. The lowest BCUT2D eigenvalue weighted by atomic mass is 9.85. The number of methoxy groups -OCH3 is 1. The van der Waals surface area contributed by atoms with Crippen LogP contribution in [0.4, 0.5) is 0 Å². The zero-order valence-corrected chi connectivity index (χ0v) is 15.2. The molecule has 9 heteroatoms. The van der Waals surface area contributed by atoms with Gasteiger partial charge in [0.2, 0.25) is 10.0 Å². The van der Waals surface area contributed by atoms with E-state index in [0.29, 0.717) is 6.54 Å². The molecule has 2 atom stereocenters. The van der Waals surface area contributed by atoms with E-state index in [9.17, 15) is 13.2 Å². The second-order valence-corrected chi connectivity index (χ2v) is 7.45. The maximum atomic E-state index is 12.6. The SMILES string of the molecule is COc1ccc(S(=O)(=O)NC2CCCCC2CN)cc1C(N)=O.Cl. The Bertz CT molecular complexity index is 681. The Kier molecular flexibility index (Phi) is 7.47. The van der Waals surface area contributed by atoms with E-state index in [2.05, 4.69) is 4.72 Å². The van der Waals surface area contributed by atoms with Crippen molar-refractivity contribution < 1.29 is 17.9 Å². The fourth-order valence-corrected chi connectivity index (χ4v) is 4.32. The highest BCUT2D eigenvalue weighted by atomic mass is 35.5. The van der Waals surface area contributed by atoms with Crippen molar-refractivity contribution >= 4 is 28.3 Å². The van der Waals surface area contributed by atoms with Crippen LogP contribution in [0.1, 0.15) is 36.0 Å². The molecule has 0 spiro atoms. The van der Waals surface area contributed by atoms with Gasteiger partial charge in [0, 0.05) is 6.04 Å². The Morgan fingerprint density at radius 2 is 2.00 bits per heavy atom. The van der Waals surface area contributed by atoms with Gasteiger partial charge in [0.05, 0.1) is 17.6 Å². The van der Waals surface area contributed by atoms with Crippen LogP contribution in [0.5, 0.6) is 5.75 Å². The largest absolute Gasteiger partial charge is 0.496 e. The van der Waals surface area contributed by atoms with Crippen LogP contribution < -0.4 is 20.9 Å². The quantitative estimate of drug-likeness (QED) is 0.682. The van der Waals surface area contributed by atoms with Crippen LogP contribution in [0.25, 0.3) is 0 Å². The maximum Gasteiger partial charge on any atom is 0.252 e. The van der Waals surface area contributed by atoms with Crippen LogP contribution in [-0.4, -0.2) is 34.0 Å². The minimum absolute atomic E-state index is 0. The van der Waals surface area contributed by atoms with Crippen molar-refractivity contribution in [2.24, 2.45) is 17.4 Å². The normalized spacial score (nSPS) is 20.9. The van der Waals surface area contributed by atoms with Crippen LogP contribution in [-0.2, 0) is 10.0 Å². The maximum absolute atomic E-state index is 12.6. The summed E-state index contributed by atoms with van der Waals surface area (Å²) >= 11 is 0. The predicted molar refractivity (Wildman–Crippen MR) is 93.9 cm³/mol. The highest BCUT2D eigenvalue weighted by Crippen LogP contribution is 2.26. The van der Waals surface area contributed by atoms with Crippen molar-refractivity contribution in [3.05, 3.63) is 23.8 Å². The van der Waals surface area contributed by atoms with E-state index in [0.717, 1.165) is 25.7 Å². The third-order valence-corrected chi connectivity index (χ3v) is 5.75. The van der Waals surface area contributed by atoms with E-state index in [1.54, 1.807) is 0 Å². The first kappa shape index (κ1) is 20.7. The molecule has 136 valence electrons. The van der Waals surface area contributed by atoms with Gasteiger partial charge in [0.1, 0.15) is 5.75 Å². The summed E-state index contributed by atoms with van der Waals surface area (Å²) in [5.41, 5.74) is 11.1. The summed E-state index contributed by atoms with van der Waals surface area (Å²) in [6.07, 6.45) is 3.71. The second kappa shape index (κ2) is 8.66. The summed E-state index contributed by atoms with van der Waals surface area (Å²) in [4.78, 5) is 11.5. The molecule has 0 bridgehead atoms. The molecule has 24 heavy (non-hydrogen) atoms. The molecule has 0 radical (unpaired) electrons. The van der Waals surface area contributed by atoms with Gasteiger partial charge >= 0.3 is 0 Å². The summed E-state index contributed by atoms with van der Waals surface area (Å²) < 4.78 is 32.9. The minimum atomic E-state index is -3.75. The molecule has 1 fully saturated rings. The number of hydrogen-bond donors (Lipinski definition) is 3. The summed E-state index contributed by atoms with van der Waals surface area (Å²) in [5, 5.41) is 0. The van der Waals surface area contributed by atoms with Gasteiger partial charge in [-0.05, 0) is 43.5 Å². The summed E-state index contributed by atoms with van der Waals surface area (Å²) in [5.74, 6) is -0.363. The molecular formula is C15H24ClN3O4S. The standard InChI is InChI=1S/C15H23N3O4S.ClH/c1-22-14-7-6-11(8-12(14)15(17)19)23(20,21)18-13-5-3-2-4-10(13)9-16;/h6-8,10,13,18H,2-5,9,16H2,1H3,(H2,17,19);1H. The second-order valence-electron chi connectivity index (χ2n) is 5.73. The Morgan fingerprint density at radius 3 is 2.58 bits per heavy atom. The molecule has 0 saturated heterocycles. The number of nitrogens with one attached hydrogen (secondary N) is 1. The topological polar surface area (TPSA) is 125 Å². The van der Waals surface area contributed by atoms with E-state index in [1.807, 2.05) is 0 Å². The van der Waals surface area contributed by atoms with Crippen LogP contribution >= 0.6 is 12.4 Å². The number of rotatable bonds is 6. The van der Waals surface area contributed by atoms with E-state index < -0.39 is 15.9 Å². The fourth-order valence-electron chi connectivity index (χ4n) is 2.96. The molecule has 0 heterocycles. The van der Waals surface area contributed by atoms with Crippen molar-refractivity contribution in [2.45, 2.75) is 36.6 Å². The predicted octanol–water partition coefficient (Wildman–Crippen LogP) is 1.01. The number of amides is 1. The minimum Gasteiger partial charge on any atom is -0.496 e. The molecule has 1 aliphatic carbocycles. The molecule has 1 amide bonds. The van der Waals surface area contributed by atoms with Gasteiger partial charge in [-0.25, -0.2) is 13.1 Å². The molecular weight excluding hydrogens is 354 g/mol. The lowest BCUT2D eigenvalue weighted by Crippen LogP contribution is -2.44. The van der Waals surface area contributed by atoms with Gasteiger partial charge in [-0.15, -0.1) is 12.4 Å². The average molecular weight is 378 g/mol. The fraction of sp³-hybridized carbons (Fsp3) is 0.533. The number of benzene rings is 1. The molecule has 0 aromatic heterocycles. The van der Waals surface area contributed by atoms with Gasteiger partial charge in [-0.3, -0.25) is 4.79 Å². The van der Waals surface area contributed by atoms with Crippen molar-refractivity contribution in [1.29, 1.82) is 0 Å². The van der Waals surface area contributed by atoms with Gasteiger partial charge < -0.3 is 16.2 Å². The Labute approximate surface area is 148 Å². The first-order chi connectivity index (χ1) is 10.9. The Hall–Kier alpha value is -1.35. The number of nitrogens with two attached hydrogens (primary N) is 2. The molecule has 7 nitrogen and oxygen atoms in total. The van der Waals surface area contributed by atoms with E-state index in [1.165, 1.54) is 25.3 Å². The van der Waals surface area contributed by atoms with Crippen LogP contribution in [0.3, 0.4) is 0 Å². The number of carbonyl (C=O) groups excluding carboxylic acids is 1. The van der Waals surface area contributed by atoms with Crippen molar-refractivity contribution in [3.8, 4) is 5.75 Å².